The van der Waals surface area contributed by atoms with Gasteiger partial charge in [0.25, 0.3) is 0 Å². The lowest BCUT2D eigenvalue weighted by Gasteiger charge is -2.11. The molecule has 4 nitrogen and oxygen atoms in total. The third-order valence-corrected chi connectivity index (χ3v) is 2.72. The molecule has 0 spiro atoms. The van der Waals surface area contributed by atoms with Crippen LogP contribution in [0, 0.1) is 11.6 Å². The third kappa shape index (κ3) is 3.16. The topological polar surface area (TPSA) is 67.1 Å². The smallest absolute Gasteiger partial charge is 0.323 e. The minimum atomic E-state index is -1.21. The second-order valence-electron chi connectivity index (χ2n) is 3.91. The number of hydrogen-bond acceptors (Lipinski definition) is 2. The van der Waals surface area contributed by atoms with Crippen molar-refractivity contribution >= 4 is 34.7 Å². The summed E-state index contributed by atoms with van der Waals surface area (Å²) in [5.74, 6) is -2.31. The summed E-state index contributed by atoms with van der Waals surface area (Å²) in [6.07, 6.45) is 0. The van der Waals surface area contributed by atoms with Gasteiger partial charge in [-0.2, -0.15) is 0 Å². The number of rotatable bonds is 2. The average Bonchev–Trinajstić information content (AvgIpc) is 2.42. The van der Waals surface area contributed by atoms with E-state index in [0.717, 1.165) is 12.1 Å². The number of nitrogens with two attached hydrogens (primary N) is 1. The summed E-state index contributed by atoms with van der Waals surface area (Å²) >= 11 is 5.70. The van der Waals surface area contributed by atoms with Crippen LogP contribution in [0.3, 0.4) is 0 Å². The van der Waals surface area contributed by atoms with Crippen LogP contribution in [0.1, 0.15) is 0 Å². The van der Waals surface area contributed by atoms with E-state index < -0.39 is 23.4 Å². The van der Waals surface area contributed by atoms with Crippen molar-refractivity contribution in [2.24, 2.45) is 0 Å². The van der Waals surface area contributed by atoms with E-state index in [1.54, 1.807) is 24.3 Å². The Morgan fingerprint density at radius 1 is 1.05 bits per heavy atom. The first-order chi connectivity index (χ1) is 9.47. The standard InChI is InChI=1S/C13H10ClF2N3O/c14-7-1-3-8(4-2-7)18-13(20)19-12-10(17)6-5-9(15)11(12)16/h1-6H,17H2,(H2,18,19,20). The molecule has 0 unspecified atom stereocenters. The number of amides is 2. The lowest BCUT2D eigenvalue weighted by atomic mass is 10.2. The molecular formula is C13H10ClF2N3O. The molecule has 2 rings (SSSR count). The third-order valence-electron chi connectivity index (χ3n) is 2.47. The first-order valence-corrected chi connectivity index (χ1v) is 5.92. The van der Waals surface area contributed by atoms with Crippen molar-refractivity contribution in [2.45, 2.75) is 0 Å². The predicted octanol–water partition coefficient (Wildman–Crippen LogP) is 3.84. The molecule has 0 saturated carbocycles. The van der Waals surface area contributed by atoms with Crippen LogP contribution in [0.4, 0.5) is 30.6 Å². The number of anilines is 3. The number of carbonyl (C=O) groups is 1. The van der Waals surface area contributed by atoms with Gasteiger partial charge < -0.3 is 16.4 Å². The van der Waals surface area contributed by atoms with Crippen molar-refractivity contribution in [1.29, 1.82) is 0 Å². The average molecular weight is 298 g/mol. The Hall–Kier alpha value is -2.34. The van der Waals surface area contributed by atoms with E-state index in [1.165, 1.54) is 0 Å². The molecule has 2 aromatic rings. The molecule has 4 N–H and O–H groups in total. The maximum absolute atomic E-state index is 13.5. The Bertz CT molecular complexity index is 647. The summed E-state index contributed by atoms with van der Waals surface area (Å²) in [6, 6.07) is 7.58. The number of nitrogens with one attached hydrogen (secondary N) is 2. The van der Waals surface area contributed by atoms with E-state index in [-0.39, 0.29) is 5.69 Å². The molecule has 2 amide bonds. The van der Waals surface area contributed by atoms with E-state index in [4.69, 9.17) is 17.3 Å². The van der Waals surface area contributed by atoms with Crippen LogP contribution in [0.5, 0.6) is 0 Å². The summed E-state index contributed by atoms with van der Waals surface area (Å²) in [6.45, 7) is 0. The normalized spacial score (nSPS) is 10.2. The van der Waals surface area contributed by atoms with Crippen LogP contribution in [-0.2, 0) is 0 Å². The maximum Gasteiger partial charge on any atom is 0.323 e. The van der Waals surface area contributed by atoms with Gasteiger partial charge in [-0.3, -0.25) is 0 Å². The van der Waals surface area contributed by atoms with Crippen LogP contribution in [0.25, 0.3) is 0 Å². The molecule has 0 heterocycles. The van der Waals surface area contributed by atoms with Crippen molar-refractivity contribution in [2.75, 3.05) is 16.4 Å². The van der Waals surface area contributed by atoms with Crippen molar-refractivity contribution in [1.82, 2.24) is 0 Å². The molecule has 104 valence electrons. The second kappa shape index (κ2) is 5.75. The van der Waals surface area contributed by atoms with Crippen LogP contribution < -0.4 is 16.4 Å². The van der Waals surface area contributed by atoms with Gasteiger partial charge in [0.15, 0.2) is 11.6 Å². The molecule has 0 radical (unpaired) electrons. The fourth-order valence-corrected chi connectivity index (χ4v) is 1.63. The summed E-state index contributed by atoms with van der Waals surface area (Å²) in [5.41, 5.74) is 5.45. The van der Waals surface area contributed by atoms with E-state index in [2.05, 4.69) is 10.6 Å². The van der Waals surface area contributed by atoms with Gasteiger partial charge in [-0.05, 0) is 36.4 Å². The molecule has 0 aliphatic heterocycles. The van der Waals surface area contributed by atoms with Crippen molar-refractivity contribution in [3.05, 3.63) is 53.1 Å². The molecule has 0 aliphatic rings. The number of benzene rings is 2. The van der Waals surface area contributed by atoms with Crippen molar-refractivity contribution in [3.8, 4) is 0 Å². The van der Waals surface area contributed by atoms with Gasteiger partial charge in [-0.25, -0.2) is 13.6 Å². The van der Waals surface area contributed by atoms with Gasteiger partial charge in [0.2, 0.25) is 0 Å². The van der Waals surface area contributed by atoms with Gasteiger partial charge in [-0.1, -0.05) is 11.6 Å². The van der Waals surface area contributed by atoms with Crippen molar-refractivity contribution in [3.63, 3.8) is 0 Å². The zero-order valence-corrected chi connectivity index (χ0v) is 10.8. The predicted molar refractivity (Wildman–Crippen MR) is 74.9 cm³/mol. The maximum atomic E-state index is 13.5. The molecule has 7 heteroatoms. The van der Waals surface area contributed by atoms with Crippen molar-refractivity contribution < 1.29 is 13.6 Å². The Labute approximate surface area is 118 Å². The highest BCUT2D eigenvalue weighted by atomic mass is 35.5. The molecular weight excluding hydrogens is 288 g/mol. The first kappa shape index (κ1) is 14.1. The molecule has 20 heavy (non-hydrogen) atoms. The molecule has 0 atom stereocenters. The number of carbonyl (C=O) groups excluding carboxylic acids is 1. The SMILES string of the molecule is Nc1ccc(F)c(F)c1NC(=O)Nc1ccc(Cl)cc1. The molecule has 0 bridgehead atoms. The number of urea groups is 1. The fraction of sp³-hybridized carbons (Fsp3) is 0. The highest BCUT2D eigenvalue weighted by Gasteiger charge is 2.14. The summed E-state index contributed by atoms with van der Waals surface area (Å²) in [4.78, 5) is 11.7. The van der Waals surface area contributed by atoms with Gasteiger partial charge in [0.1, 0.15) is 5.69 Å². The largest absolute Gasteiger partial charge is 0.397 e. The van der Waals surface area contributed by atoms with Gasteiger partial charge in [0.05, 0.1) is 5.69 Å². The Morgan fingerprint density at radius 2 is 1.70 bits per heavy atom. The Morgan fingerprint density at radius 3 is 2.35 bits per heavy atom. The Balaban J connectivity index is 2.12. The van der Waals surface area contributed by atoms with Gasteiger partial charge >= 0.3 is 6.03 Å². The lowest BCUT2D eigenvalue weighted by Crippen LogP contribution is -2.21. The molecule has 0 saturated heterocycles. The first-order valence-electron chi connectivity index (χ1n) is 5.54. The van der Waals surface area contributed by atoms with E-state index in [1.807, 2.05) is 0 Å². The molecule has 0 fully saturated rings. The molecule has 2 aromatic carbocycles. The fourth-order valence-electron chi connectivity index (χ4n) is 1.50. The van der Waals surface area contributed by atoms with E-state index in [0.29, 0.717) is 10.7 Å². The van der Waals surface area contributed by atoms with E-state index >= 15 is 0 Å². The minimum absolute atomic E-state index is 0.0739. The number of halogens is 3. The van der Waals surface area contributed by atoms with Gasteiger partial charge in [-0.15, -0.1) is 0 Å². The minimum Gasteiger partial charge on any atom is -0.397 e. The zero-order valence-electron chi connectivity index (χ0n) is 10.1. The van der Waals surface area contributed by atoms with Crippen LogP contribution in [0.15, 0.2) is 36.4 Å². The Kier molecular flexibility index (Phi) is 4.05. The van der Waals surface area contributed by atoms with Crippen LogP contribution in [0.2, 0.25) is 5.02 Å². The van der Waals surface area contributed by atoms with Crippen LogP contribution in [-0.4, -0.2) is 6.03 Å². The molecule has 0 aromatic heterocycles. The quantitative estimate of drug-likeness (QED) is 0.737. The highest BCUT2D eigenvalue weighted by molar-refractivity contribution is 6.30. The monoisotopic (exact) mass is 297 g/mol. The zero-order chi connectivity index (χ0) is 14.7. The lowest BCUT2D eigenvalue weighted by molar-refractivity contribution is 0.262. The number of hydrogen-bond donors (Lipinski definition) is 3. The van der Waals surface area contributed by atoms with Gasteiger partial charge in [0, 0.05) is 10.7 Å². The summed E-state index contributed by atoms with van der Waals surface area (Å²) in [5, 5.41) is 5.11. The highest BCUT2D eigenvalue weighted by Crippen LogP contribution is 2.24. The summed E-state index contributed by atoms with van der Waals surface area (Å²) < 4.78 is 26.6. The summed E-state index contributed by atoms with van der Waals surface area (Å²) in [7, 11) is 0. The van der Waals surface area contributed by atoms with Crippen LogP contribution >= 0.6 is 11.6 Å². The molecule has 0 aliphatic carbocycles. The second-order valence-corrected chi connectivity index (χ2v) is 4.35. The number of nitrogen functional groups attached to an aromatic ring is 1. The van der Waals surface area contributed by atoms with E-state index in [9.17, 15) is 13.6 Å².